The second kappa shape index (κ2) is 10.1. The van der Waals surface area contributed by atoms with Crippen LogP contribution in [-0.2, 0) is 21.4 Å². The Balaban J connectivity index is 1.39. The van der Waals surface area contributed by atoms with Crippen LogP contribution in [0.15, 0.2) is 51.8 Å². The number of benzene rings is 2. The zero-order chi connectivity index (χ0) is 25.2. The highest BCUT2D eigenvalue weighted by atomic mass is 32.2. The second-order valence-electron chi connectivity index (χ2n) is 7.35. The predicted octanol–water partition coefficient (Wildman–Crippen LogP) is 3.69. The summed E-state index contributed by atoms with van der Waals surface area (Å²) < 4.78 is 95.7. The van der Waals surface area contributed by atoms with Crippen LogP contribution in [0.25, 0.3) is 0 Å². The molecule has 0 saturated carbocycles. The van der Waals surface area contributed by atoms with Gasteiger partial charge in [-0.15, -0.1) is 0 Å². The third-order valence-electron chi connectivity index (χ3n) is 5.04. The van der Waals surface area contributed by atoms with Crippen LogP contribution in [0.1, 0.15) is 16.3 Å². The number of ether oxygens (including phenoxy) is 2. The molecule has 1 saturated heterocycles. The Bertz CT molecular complexity index is 1310. The maximum absolute atomic E-state index is 13.7. The van der Waals surface area contributed by atoms with Gasteiger partial charge in [-0.25, -0.2) is 17.2 Å². The van der Waals surface area contributed by atoms with Crippen molar-refractivity contribution >= 4 is 21.6 Å². The molecule has 0 atom stereocenters. The van der Waals surface area contributed by atoms with Gasteiger partial charge in [0.05, 0.1) is 18.1 Å². The van der Waals surface area contributed by atoms with Gasteiger partial charge in [-0.2, -0.15) is 13.1 Å². The normalized spacial score (nSPS) is 14.6. The number of nitrogens with zero attached hydrogens (tertiary/aromatic N) is 1. The summed E-state index contributed by atoms with van der Waals surface area (Å²) in [5, 5.41) is 2.52. The van der Waals surface area contributed by atoms with Crippen molar-refractivity contribution in [2.75, 3.05) is 31.6 Å². The van der Waals surface area contributed by atoms with Crippen molar-refractivity contribution in [3.05, 3.63) is 77.3 Å². The van der Waals surface area contributed by atoms with Crippen LogP contribution >= 0.6 is 0 Å². The predicted molar refractivity (Wildman–Crippen MR) is 113 cm³/mol. The van der Waals surface area contributed by atoms with E-state index in [1.807, 2.05) is 0 Å². The lowest BCUT2D eigenvalue weighted by Gasteiger charge is -2.26. The summed E-state index contributed by atoms with van der Waals surface area (Å²) in [6, 6.07) is 8.09. The molecule has 1 aliphatic rings. The van der Waals surface area contributed by atoms with Crippen molar-refractivity contribution in [1.29, 1.82) is 0 Å². The lowest BCUT2D eigenvalue weighted by molar-refractivity contribution is 0.0730. The fourth-order valence-electron chi connectivity index (χ4n) is 3.24. The molecule has 1 amide bonds. The topological polar surface area (TPSA) is 98.1 Å². The van der Waals surface area contributed by atoms with E-state index in [0.717, 1.165) is 0 Å². The molecule has 0 aliphatic carbocycles. The molecule has 8 nitrogen and oxygen atoms in total. The van der Waals surface area contributed by atoms with E-state index in [4.69, 9.17) is 13.9 Å². The molecule has 2 heterocycles. The van der Waals surface area contributed by atoms with Gasteiger partial charge in [0.15, 0.2) is 23.1 Å². The van der Waals surface area contributed by atoms with E-state index < -0.39 is 51.6 Å². The first-order valence-electron chi connectivity index (χ1n) is 10.2. The highest BCUT2D eigenvalue weighted by molar-refractivity contribution is 7.89. The van der Waals surface area contributed by atoms with Gasteiger partial charge in [0.1, 0.15) is 12.4 Å². The summed E-state index contributed by atoms with van der Waals surface area (Å²) in [5.41, 5.74) is 0.282. The van der Waals surface area contributed by atoms with Crippen LogP contribution in [0, 0.1) is 23.3 Å². The summed E-state index contributed by atoms with van der Waals surface area (Å²) in [6.07, 6.45) is 0. The number of rotatable bonds is 7. The number of morpholine rings is 1. The molecule has 186 valence electrons. The SMILES string of the molecule is O=C(Nc1ccc(S(=O)(=O)N2CCOCC2)cc1)c1ccc(COc2c(F)c(F)cc(F)c2F)o1. The van der Waals surface area contributed by atoms with Gasteiger partial charge in [-0.1, -0.05) is 0 Å². The summed E-state index contributed by atoms with van der Waals surface area (Å²) in [7, 11) is -3.69. The lowest BCUT2D eigenvalue weighted by Crippen LogP contribution is -2.40. The van der Waals surface area contributed by atoms with Crippen molar-refractivity contribution < 1.29 is 44.7 Å². The first-order valence-corrected chi connectivity index (χ1v) is 11.6. The molecule has 1 N–H and O–H groups in total. The zero-order valence-corrected chi connectivity index (χ0v) is 18.7. The van der Waals surface area contributed by atoms with Crippen LogP contribution in [0.3, 0.4) is 0 Å². The summed E-state index contributed by atoms with van der Waals surface area (Å²) in [6.45, 7) is 0.509. The molecule has 0 radical (unpaired) electrons. The second-order valence-corrected chi connectivity index (χ2v) is 9.28. The molecule has 1 aliphatic heterocycles. The fourth-order valence-corrected chi connectivity index (χ4v) is 4.65. The van der Waals surface area contributed by atoms with Gasteiger partial charge < -0.3 is 19.2 Å². The Labute approximate surface area is 197 Å². The van der Waals surface area contributed by atoms with E-state index >= 15 is 0 Å². The number of nitrogens with one attached hydrogen (secondary N) is 1. The van der Waals surface area contributed by atoms with Gasteiger partial charge in [0.25, 0.3) is 5.91 Å². The minimum Gasteiger partial charge on any atom is -0.479 e. The van der Waals surface area contributed by atoms with Crippen LogP contribution < -0.4 is 10.1 Å². The number of halogens is 4. The third kappa shape index (κ3) is 5.31. The first kappa shape index (κ1) is 24.7. The number of carbonyl (C=O) groups excluding carboxylic acids is 1. The number of hydrogen-bond acceptors (Lipinski definition) is 6. The molecule has 0 unspecified atom stereocenters. The molecular formula is C22H18F4N2O6S. The fraction of sp³-hybridized carbons (Fsp3) is 0.227. The number of furan rings is 1. The quantitative estimate of drug-likeness (QED) is 0.382. The van der Waals surface area contributed by atoms with Crippen molar-refractivity contribution in [3.8, 4) is 5.75 Å². The Morgan fingerprint density at radius 2 is 1.60 bits per heavy atom. The van der Waals surface area contributed by atoms with Crippen LogP contribution in [0.4, 0.5) is 23.2 Å². The standard InChI is InChI=1S/C22H18F4N2O6S/c23-16-11-17(24)20(26)21(19(16)25)33-12-14-3-6-18(34-14)22(29)27-13-1-4-15(5-2-13)35(30,31)28-7-9-32-10-8-28/h1-6,11H,7-10,12H2,(H,27,29). The maximum Gasteiger partial charge on any atom is 0.291 e. The average molecular weight is 514 g/mol. The van der Waals surface area contributed by atoms with Crippen LogP contribution in [0.5, 0.6) is 5.75 Å². The summed E-state index contributed by atoms with van der Waals surface area (Å²) in [4.78, 5) is 12.5. The smallest absolute Gasteiger partial charge is 0.291 e. The summed E-state index contributed by atoms with van der Waals surface area (Å²) >= 11 is 0. The molecule has 35 heavy (non-hydrogen) atoms. The lowest BCUT2D eigenvalue weighted by atomic mass is 10.3. The largest absolute Gasteiger partial charge is 0.479 e. The molecule has 13 heteroatoms. The van der Waals surface area contributed by atoms with E-state index in [2.05, 4.69) is 5.32 Å². The van der Waals surface area contributed by atoms with E-state index in [1.165, 1.54) is 40.7 Å². The van der Waals surface area contributed by atoms with E-state index in [1.54, 1.807) is 0 Å². The highest BCUT2D eigenvalue weighted by Crippen LogP contribution is 2.27. The number of sulfonamides is 1. The molecule has 0 bridgehead atoms. The molecule has 1 aromatic heterocycles. The van der Waals surface area contributed by atoms with Crippen molar-refractivity contribution in [2.24, 2.45) is 0 Å². The molecule has 2 aromatic carbocycles. The van der Waals surface area contributed by atoms with Gasteiger partial charge in [-0.05, 0) is 36.4 Å². The number of hydrogen-bond donors (Lipinski definition) is 1. The van der Waals surface area contributed by atoms with Gasteiger partial charge in [0.2, 0.25) is 21.7 Å². The molecule has 3 aromatic rings. The zero-order valence-electron chi connectivity index (χ0n) is 17.9. The highest BCUT2D eigenvalue weighted by Gasteiger charge is 2.26. The average Bonchev–Trinajstić information content (AvgIpc) is 3.33. The number of amides is 1. The first-order chi connectivity index (χ1) is 16.7. The van der Waals surface area contributed by atoms with Crippen LogP contribution in [0.2, 0.25) is 0 Å². The minimum atomic E-state index is -3.69. The minimum absolute atomic E-state index is 0.0504. The van der Waals surface area contributed by atoms with Gasteiger partial charge in [-0.3, -0.25) is 4.79 Å². The van der Waals surface area contributed by atoms with Crippen molar-refractivity contribution in [2.45, 2.75) is 11.5 Å². The molecular weight excluding hydrogens is 496 g/mol. The Morgan fingerprint density at radius 3 is 2.23 bits per heavy atom. The van der Waals surface area contributed by atoms with E-state index in [0.29, 0.717) is 13.2 Å². The van der Waals surface area contributed by atoms with Crippen LogP contribution in [-0.4, -0.2) is 44.9 Å². The Kier molecular flexibility index (Phi) is 7.10. The van der Waals surface area contributed by atoms with Gasteiger partial charge >= 0.3 is 0 Å². The molecule has 4 rings (SSSR count). The summed E-state index contributed by atoms with van der Waals surface area (Å²) in [5.74, 6) is -8.85. The monoisotopic (exact) mass is 514 g/mol. The Morgan fingerprint density at radius 1 is 0.971 bits per heavy atom. The molecule has 1 fully saturated rings. The van der Waals surface area contributed by atoms with Crippen molar-refractivity contribution in [1.82, 2.24) is 4.31 Å². The maximum atomic E-state index is 13.7. The van der Waals surface area contributed by atoms with E-state index in [9.17, 15) is 30.8 Å². The molecule has 0 spiro atoms. The Hall–Kier alpha value is -3.42. The third-order valence-corrected chi connectivity index (χ3v) is 6.95. The number of carbonyl (C=O) groups is 1. The number of anilines is 1. The van der Waals surface area contributed by atoms with E-state index in [-0.39, 0.29) is 41.3 Å². The van der Waals surface area contributed by atoms with Crippen molar-refractivity contribution in [3.63, 3.8) is 0 Å². The van der Waals surface area contributed by atoms with Gasteiger partial charge in [0, 0.05) is 24.8 Å².